The van der Waals surface area contributed by atoms with Crippen LogP contribution in [-0.4, -0.2) is 54.1 Å². The Morgan fingerprint density at radius 1 is 1.18 bits per heavy atom. The number of benzene rings is 2. The number of rotatable bonds is 11. The zero-order chi connectivity index (χ0) is 27.6. The van der Waals surface area contributed by atoms with Crippen molar-refractivity contribution in [2.24, 2.45) is 11.3 Å². The van der Waals surface area contributed by atoms with Crippen LogP contribution in [-0.2, 0) is 20.9 Å². The van der Waals surface area contributed by atoms with Crippen molar-refractivity contribution in [3.63, 3.8) is 0 Å². The van der Waals surface area contributed by atoms with Gasteiger partial charge in [-0.15, -0.1) is 0 Å². The molecule has 1 aliphatic heterocycles. The Bertz CT molecular complexity index is 1190. The van der Waals surface area contributed by atoms with Gasteiger partial charge < -0.3 is 14.6 Å². The highest BCUT2D eigenvalue weighted by atomic mass is 35.5. The highest BCUT2D eigenvalue weighted by Crippen LogP contribution is 2.52. The van der Waals surface area contributed by atoms with Crippen LogP contribution in [0.25, 0.3) is 0 Å². The molecule has 1 heterocycles. The first-order valence-corrected chi connectivity index (χ1v) is 14.7. The number of likely N-dealkylation sites (tertiary alicyclic amines) is 1. The summed E-state index contributed by atoms with van der Waals surface area (Å²) >= 11 is 10.1. The lowest BCUT2D eigenvalue weighted by Gasteiger charge is -2.52. The molecule has 10 heteroatoms. The fourth-order valence-corrected chi connectivity index (χ4v) is 6.67. The standard InChI is InChI=1S/C28H34Cl2N2O5S/c1-3-23(17-31(38(36)37)16-18-7-8-18)32-26(19-9-11-21(29)12-10-19)24(20-5-4-6-22(30)13-20)14-28(2,27(32)35)15-25(33)34/h4-6,9-13,18,23-24,26H,3,7-8,14-17H2,1-2H3,(H,33,34)(H,36,37)/p-1/t23-,24+,26+,28+/m0/s1. The van der Waals surface area contributed by atoms with E-state index < -0.39 is 34.7 Å². The molecule has 1 unspecified atom stereocenters. The van der Waals surface area contributed by atoms with Crippen LogP contribution in [0.5, 0.6) is 0 Å². The molecule has 206 valence electrons. The normalized spacial score (nSPS) is 25.4. The van der Waals surface area contributed by atoms with E-state index in [0.29, 0.717) is 35.3 Å². The van der Waals surface area contributed by atoms with Crippen LogP contribution >= 0.6 is 23.2 Å². The second kappa shape index (κ2) is 12.0. The molecule has 1 aliphatic carbocycles. The Kier molecular flexibility index (Phi) is 9.20. The van der Waals surface area contributed by atoms with Crippen molar-refractivity contribution < 1.29 is 23.5 Å². The van der Waals surface area contributed by atoms with E-state index in [1.54, 1.807) is 30.0 Å². The average Bonchev–Trinajstić information content (AvgIpc) is 3.68. The second-order valence-corrected chi connectivity index (χ2v) is 12.6. The molecule has 2 fully saturated rings. The quantitative estimate of drug-likeness (QED) is 0.338. The zero-order valence-corrected chi connectivity index (χ0v) is 23.8. The van der Waals surface area contributed by atoms with E-state index >= 15 is 0 Å². The molecule has 1 saturated heterocycles. The number of carbonyl (C=O) groups excluding carboxylic acids is 1. The van der Waals surface area contributed by atoms with Crippen molar-refractivity contribution >= 4 is 46.3 Å². The number of hydrogen-bond donors (Lipinski definition) is 1. The topological polar surface area (TPSA) is 101 Å². The monoisotopic (exact) mass is 579 g/mol. The summed E-state index contributed by atoms with van der Waals surface area (Å²) in [6.07, 6.45) is 2.46. The SMILES string of the molecule is CC[C@@H](CN(CC1CC1)S(=O)[O-])N1C(=O)[C@@](C)(CC(=O)O)C[C@H](c2cccc(Cl)c2)[C@H]1c1ccc(Cl)cc1. The highest BCUT2D eigenvalue weighted by molar-refractivity contribution is 7.76. The van der Waals surface area contributed by atoms with Gasteiger partial charge in [-0.05, 0) is 67.0 Å². The van der Waals surface area contributed by atoms with Crippen LogP contribution in [0.15, 0.2) is 48.5 Å². The van der Waals surface area contributed by atoms with Crippen molar-refractivity contribution in [2.45, 2.75) is 64.0 Å². The maximum Gasteiger partial charge on any atom is 0.304 e. The van der Waals surface area contributed by atoms with Gasteiger partial charge in [0.05, 0.1) is 17.9 Å². The van der Waals surface area contributed by atoms with E-state index in [-0.39, 0.29) is 24.8 Å². The summed E-state index contributed by atoms with van der Waals surface area (Å²) in [6, 6.07) is 13.8. The molecule has 1 N–H and O–H groups in total. The van der Waals surface area contributed by atoms with Crippen molar-refractivity contribution in [1.82, 2.24) is 9.21 Å². The molecule has 0 bridgehead atoms. The number of piperidine rings is 1. The summed E-state index contributed by atoms with van der Waals surface area (Å²) in [4.78, 5) is 28.0. The van der Waals surface area contributed by atoms with E-state index in [1.807, 2.05) is 37.3 Å². The lowest BCUT2D eigenvalue weighted by atomic mass is 9.67. The zero-order valence-electron chi connectivity index (χ0n) is 21.5. The van der Waals surface area contributed by atoms with Gasteiger partial charge >= 0.3 is 5.97 Å². The molecule has 4 rings (SSSR count). The second-order valence-electron chi connectivity index (χ2n) is 10.8. The molecular formula is C28H33Cl2N2O5S-. The first kappa shape index (κ1) is 29.0. The smallest absolute Gasteiger partial charge is 0.304 e. The number of amides is 1. The Morgan fingerprint density at radius 2 is 1.87 bits per heavy atom. The van der Waals surface area contributed by atoms with Crippen molar-refractivity contribution in [1.29, 1.82) is 0 Å². The Morgan fingerprint density at radius 3 is 2.42 bits per heavy atom. The van der Waals surface area contributed by atoms with Gasteiger partial charge in [0.15, 0.2) is 0 Å². The number of aliphatic carboxylic acids is 1. The highest BCUT2D eigenvalue weighted by Gasteiger charge is 2.52. The Labute approximate surface area is 236 Å². The van der Waals surface area contributed by atoms with Crippen molar-refractivity contribution in [3.8, 4) is 0 Å². The van der Waals surface area contributed by atoms with Gasteiger partial charge in [0.25, 0.3) is 0 Å². The first-order chi connectivity index (χ1) is 18.0. The first-order valence-electron chi connectivity index (χ1n) is 12.9. The van der Waals surface area contributed by atoms with E-state index in [9.17, 15) is 23.5 Å². The van der Waals surface area contributed by atoms with Gasteiger partial charge in [0, 0.05) is 46.4 Å². The maximum absolute atomic E-state index is 14.3. The summed E-state index contributed by atoms with van der Waals surface area (Å²) in [7, 11) is 0. The minimum absolute atomic E-state index is 0.143. The van der Waals surface area contributed by atoms with E-state index in [2.05, 4.69) is 0 Å². The van der Waals surface area contributed by atoms with Gasteiger partial charge in [-0.3, -0.25) is 13.8 Å². The van der Waals surface area contributed by atoms with Crippen LogP contribution in [0.1, 0.15) is 69.0 Å². The Balaban J connectivity index is 1.85. The maximum atomic E-state index is 14.3. The third-order valence-electron chi connectivity index (χ3n) is 7.78. The minimum Gasteiger partial charge on any atom is -0.760 e. The van der Waals surface area contributed by atoms with Gasteiger partial charge in [-0.25, -0.2) is 4.31 Å². The fraction of sp³-hybridized carbons (Fsp3) is 0.500. The number of nitrogens with zero attached hydrogens (tertiary/aromatic N) is 2. The molecule has 7 nitrogen and oxygen atoms in total. The molecule has 0 radical (unpaired) electrons. The third-order valence-corrected chi connectivity index (χ3v) is 8.99. The van der Waals surface area contributed by atoms with E-state index in [1.165, 1.54) is 4.31 Å². The number of hydrogen-bond acceptors (Lipinski definition) is 4. The van der Waals surface area contributed by atoms with Crippen LogP contribution in [0.4, 0.5) is 0 Å². The van der Waals surface area contributed by atoms with Crippen LogP contribution < -0.4 is 0 Å². The number of halogens is 2. The van der Waals surface area contributed by atoms with Crippen molar-refractivity contribution in [2.75, 3.05) is 13.1 Å². The molecule has 2 aromatic carbocycles. The molecule has 1 saturated carbocycles. The van der Waals surface area contributed by atoms with Gasteiger partial charge in [0.2, 0.25) is 5.91 Å². The fourth-order valence-electron chi connectivity index (χ4n) is 5.71. The summed E-state index contributed by atoms with van der Waals surface area (Å²) in [5.41, 5.74) is 0.553. The van der Waals surface area contributed by atoms with Crippen molar-refractivity contribution in [3.05, 3.63) is 69.7 Å². The molecule has 1 amide bonds. The average molecular weight is 581 g/mol. The minimum atomic E-state index is -2.44. The predicted molar refractivity (Wildman–Crippen MR) is 148 cm³/mol. The summed E-state index contributed by atoms with van der Waals surface area (Å²) in [5.74, 6) is -1.28. The third kappa shape index (κ3) is 6.59. The van der Waals surface area contributed by atoms with Gasteiger partial charge in [0.1, 0.15) is 0 Å². The van der Waals surface area contributed by atoms with E-state index in [0.717, 1.165) is 24.0 Å². The summed E-state index contributed by atoms with van der Waals surface area (Å²) in [5, 5.41) is 10.9. The summed E-state index contributed by atoms with van der Waals surface area (Å²) in [6.45, 7) is 4.19. The Hall–Kier alpha value is -1.97. The van der Waals surface area contributed by atoms with Crippen LogP contribution in [0.2, 0.25) is 10.0 Å². The van der Waals surface area contributed by atoms with E-state index in [4.69, 9.17) is 23.2 Å². The molecule has 2 aliphatic rings. The molecule has 38 heavy (non-hydrogen) atoms. The molecular weight excluding hydrogens is 547 g/mol. The lowest BCUT2D eigenvalue weighted by molar-refractivity contribution is -0.160. The van der Waals surface area contributed by atoms with Gasteiger partial charge in [-0.2, -0.15) is 0 Å². The molecule has 5 atom stereocenters. The van der Waals surface area contributed by atoms with Crippen LogP contribution in [0.3, 0.4) is 0 Å². The van der Waals surface area contributed by atoms with Crippen LogP contribution in [0, 0.1) is 11.3 Å². The van der Waals surface area contributed by atoms with Gasteiger partial charge in [-0.1, -0.05) is 61.3 Å². The molecule has 0 aromatic heterocycles. The lowest BCUT2D eigenvalue weighted by Crippen LogP contribution is -2.58. The summed E-state index contributed by atoms with van der Waals surface area (Å²) < 4.78 is 25.8. The number of carbonyl (C=O) groups is 2. The number of carboxylic acids is 1. The molecule has 0 spiro atoms. The predicted octanol–water partition coefficient (Wildman–Crippen LogP) is 5.82. The number of carboxylic acid groups (broad SMARTS) is 1. The molecule has 2 aromatic rings. The largest absolute Gasteiger partial charge is 0.760 e.